The number of phenols is 1. The molecule has 0 bridgehead atoms. The Hall–Kier alpha value is -2.16. The molecule has 0 spiro atoms. The molecule has 3 nitrogen and oxygen atoms in total. The van der Waals surface area contributed by atoms with Gasteiger partial charge in [-0.1, -0.05) is 12.1 Å². The fourth-order valence-electron chi connectivity index (χ4n) is 1.68. The Bertz CT molecular complexity index is 509. The number of hydrogen-bond acceptors (Lipinski definition) is 3. The molecule has 0 atom stereocenters. The average molecular weight is 226 g/mol. The molecule has 0 aliphatic carbocycles. The van der Waals surface area contributed by atoms with Crippen LogP contribution in [0.15, 0.2) is 48.8 Å². The minimum Gasteiger partial charge on any atom is -0.507 e. The van der Waals surface area contributed by atoms with Crippen LogP contribution in [0.2, 0.25) is 0 Å². The zero-order chi connectivity index (χ0) is 12.1. The van der Waals surface area contributed by atoms with E-state index in [0.717, 1.165) is 12.0 Å². The number of pyridine rings is 1. The first-order valence-electron chi connectivity index (χ1n) is 5.52. The maximum atomic E-state index is 9.63. The standard InChI is InChI=1S/C14H14N2O/c15-13(12-3-1-2-4-14(12)17)6-5-11-7-9-16-10-8-11/h1-4,7-10,15,17H,5-6H2. The molecule has 0 saturated carbocycles. The van der Waals surface area contributed by atoms with Crippen LogP contribution in [-0.4, -0.2) is 15.8 Å². The summed E-state index contributed by atoms with van der Waals surface area (Å²) >= 11 is 0. The van der Waals surface area contributed by atoms with Crippen molar-refractivity contribution in [1.82, 2.24) is 4.98 Å². The summed E-state index contributed by atoms with van der Waals surface area (Å²) < 4.78 is 0. The molecule has 2 aromatic rings. The van der Waals surface area contributed by atoms with Crippen LogP contribution >= 0.6 is 0 Å². The minimum atomic E-state index is 0.173. The van der Waals surface area contributed by atoms with Crippen LogP contribution in [-0.2, 0) is 6.42 Å². The third-order valence-electron chi connectivity index (χ3n) is 2.64. The fraction of sp³-hybridized carbons (Fsp3) is 0.143. The molecule has 1 aromatic heterocycles. The number of hydrogen-bond donors (Lipinski definition) is 2. The number of aromatic nitrogens is 1. The Labute approximate surface area is 100 Å². The van der Waals surface area contributed by atoms with Crippen molar-refractivity contribution in [2.75, 3.05) is 0 Å². The SMILES string of the molecule is N=C(CCc1ccncc1)c1ccccc1O. The van der Waals surface area contributed by atoms with E-state index >= 15 is 0 Å². The third kappa shape index (κ3) is 2.91. The smallest absolute Gasteiger partial charge is 0.124 e. The summed E-state index contributed by atoms with van der Waals surface area (Å²) in [5.41, 5.74) is 2.22. The van der Waals surface area contributed by atoms with Crippen molar-refractivity contribution in [1.29, 1.82) is 5.41 Å². The van der Waals surface area contributed by atoms with Crippen molar-refractivity contribution in [2.24, 2.45) is 0 Å². The first-order valence-corrected chi connectivity index (χ1v) is 5.52. The molecule has 0 amide bonds. The molecule has 86 valence electrons. The van der Waals surface area contributed by atoms with Crippen LogP contribution in [0.25, 0.3) is 0 Å². The van der Waals surface area contributed by atoms with Crippen LogP contribution in [0.4, 0.5) is 0 Å². The van der Waals surface area contributed by atoms with Crippen molar-refractivity contribution in [3.05, 3.63) is 59.9 Å². The van der Waals surface area contributed by atoms with Crippen LogP contribution in [0.5, 0.6) is 5.75 Å². The number of nitrogens with one attached hydrogen (secondary N) is 1. The van der Waals surface area contributed by atoms with E-state index in [1.54, 1.807) is 30.6 Å². The number of para-hydroxylation sites is 1. The molecular weight excluding hydrogens is 212 g/mol. The molecule has 1 aromatic carbocycles. The van der Waals surface area contributed by atoms with Gasteiger partial charge in [0.1, 0.15) is 5.75 Å². The number of aromatic hydroxyl groups is 1. The molecule has 0 radical (unpaired) electrons. The van der Waals surface area contributed by atoms with Gasteiger partial charge >= 0.3 is 0 Å². The number of benzene rings is 1. The minimum absolute atomic E-state index is 0.173. The predicted octanol–water partition coefficient (Wildman–Crippen LogP) is 2.79. The molecule has 0 unspecified atom stereocenters. The van der Waals surface area contributed by atoms with Crippen molar-refractivity contribution in [3.8, 4) is 5.75 Å². The highest BCUT2D eigenvalue weighted by Crippen LogP contribution is 2.18. The van der Waals surface area contributed by atoms with E-state index < -0.39 is 0 Å². The summed E-state index contributed by atoms with van der Waals surface area (Å²) in [6.45, 7) is 0. The van der Waals surface area contributed by atoms with E-state index in [4.69, 9.17) is 5.41 Å². The van der Waals surface area contributed by atoms with Crippen LogP contribution in [0.1, 0.15) is 17.5 Å². The summed E-state index contributed by atoms with van der Waals surface area (Å²) in [5, 5.41) is 17.6. The van der Waals surface area contributed by atoms with Gasteiger partial charge < -0.3 is 10.5 Å². The van der Waals surface area contributed by atoms with E-state index in [1.807, 2.05) is 18.2 Å². The monoisotopic (exact) mass is 226 g/mol. The Balaban J connectivity index is 2.01. The van der Waals surface area contributed by atoms with Gasteiger partial charge in [0.2, 0.25) is 0 Å². The quantitative estimate of drug-likeness (QED) is 0.787. The zero-order valence-electron chi connectivity index (χ0n) is 9.43. The van der Waals surface area contributed by atoms with E-state index in [1.165, 1.54) is 0 Å². The zero-order valence-corrected chi connectivity index (χ0v) is 9.43. The summed E-state index contributed by atoms with van der Waals surface area (Å²) in [5.74, 6) is 0.173. The highest BCUT2D eigenvalue weighted by Gasteiger charge is 2.06. The number of rotatable bonds is 4. The van der Waals surface area contributed by atoms with Gasteiger partial charge in [-0.2, -0.15) is 0 Å². The van der Waals surface area contributed by atoms with Crippen LogP contribution < -0.4 is 0 Å². The Morgan fingerprint density at radius 3 is 2.53 bits per heavy atom. The van der Waals surface area contributed by atoms with E-state index in [-0.39, 0.29) is 5.75 Å². The topological polar surface area (TPSA) is 57.0 Å². The lowest BCUT2D eigenvalue weighted by Crippen LogP contribution is -2.01. The van der Waals surface area contributed by atoms with Gasteiger partial charge in [-0.15, -0.1) is 0 Å². The largest absolute Gasteiger partial charge is 0.507 e. The fourth-order valence-corrected chi connectivity index (χ4v) is 1.68. The highest BCUT2D eigenvalue weighted by atomic mass is 16.3. The number of nitrogens with zero attached hydrogens (tertiary/aromatic N) is 1. The van der Waals surface area contributed by atoms with Gasteiger partial charge in [0.15, 0.2) is 0 Å². The second-order valence-corrected chi connectivity index (χ2v) is 3.85. The summed E-state index contributed by atoms with van der Waals surface area (Å²) in [6.07, 6.45) is 4.90. The molecule has 17 heavy (non-hydrogen) atoms. The predicted molar refractivity (Wildman–Crippen MR) is 67.5 cm³/mol. The normalized spacial score (nSPS) is 10.1. The lowest BCUT2D eigenvalue weighted by atomic mass is 10.0. The molecule has 2 N–H and O–H groups in total. The van der Waals surface area contributed by atoms with Gasteiger partial charge in [-0.05, 0) is 42.7 Å². The van der Waals surface area contributed by atoms with Gasteiger partial charge in [0.05, 0.1) is 0 Å². The third-order valence-corrected chi connectivity index (χ3v) is 2.64. The first kappa shape index (κ1) is 11.3. The van der Waals surface area contributed by atoms with Crippen LogP contribution in [0, 0.1) is 5.41 Å². The number of phenolic OH excluding ortho intramolecular Hbond substituents is 1. The molecule has 3 heteroatoms. The summed E-state index contributed by atoms with van der Waals surface area (Å²) in [6, 6.07) is 10.8. The lowest BCUT2D eigenvalue weighted by Gasteiger charge is -2.06. The second-order valence-electron chi connectivity index (χ2n) is 3.85. The van der Waals surface area contributed by atoms with Gasteiger partial charge in [0.25, 0.3) is 0 Å². The molecule has 0 fully saturated rings. The molecule has 0 aliphatic rings. The molecule has 1 heterocycles. The van der Waals surface area contributed by atoms with Gasteiger partial charge in [-0.3, -0.25) is 4.98 Å². The van der Waals surface area contributed by atoms with Gasteiger partial charge in [0, 0.05) is 23.7 Å². The Morgan fingerprint density at radius 2 is 1.82 bits per heavy atom. The average Bonchev–Trinajstić information content (AvgIpc) is 2.38. The van der Waals surface area contributed by atoms with Gasteiger partial charge in [-0.25, -0.2) is 0 Å². The van der Waals surface area contributed by atoms with E-state index in [0.29, 0.717) is 17.7 Å². The van der Waals surface area contributed by atoms with Crippen molar-refractivity contribution >= 4 is 5.71 Å². The Morgan fingerprint density at radius 1 is 1.12 bits per heavy atom. The second kappa shape index (κ2) is 5.25. The van der Waals surface area contributed by atoms with Crippen molar-refractivity contribution < 1.29 is 5.11 Å². The molecule has 0 aliphatic heterocycles. The number of aryl methyl sites for hydroxylation is 1. The first-order chi connectivity index (χ1) is 8.27. The maximum Gasteiger partial charge on any atom is 0.124 e. The maximum absolute atomic E-state index is 9.63. The van der Waals surface area contributed by atoms with Crippen molar-refractivity contribution in [2.45, 2.75) is 12.8 Å². The lowest BCUT2D eigenvalue weighted by molar-refractivity contribution is 0.474. The van der Waals surface area contributed by atoms with Crippen LogP contribution in [0.3, 0.4) is 0 Å². The molecule has 2 rings (SSSR count). The Kier molecular flexibility index (Phi) is 3.50. The summed E-state index contributed by atoms with van der Waals surface area (Å²) in [4.78, 5) is 3.95. The molecular formula is C14H14N2O. The highest BCUT2D eigenvalue weighted by molar-refractivity contribution is 6.00. The van der Waals surface area contributed by atoms with E-state index in [9.17, 15) is 5.11 Å². The van der Waals surface area contributed by atoms with Crippen molar-refractivity contribution in [3.63, 3.8) is 0 Å². The summed E-state index contributed by atoms with van der Waals surface area (Å²) in [7, 11) is 0. The molecule has 0 saturated heterocycles. The van der Waals surface area contributed by atoms with E-state index in [2.05, 4.69) is 4.98 Å².